The lowest BCUT2D eigenvalue weighted by Crippen LogP contribution is -2.38. The molecule has 3 nitrogen and oxygen atoms in total. The van der Waals surface area contributed by atoms with Gasteiger partial charge in [0, 0.05) is 13.1 Å². The van der Waals surface area contributed by atoms with Crippen molar-refractivity contribution >= 4 is 0 Å². The highest BCUT2D eigenvalue weighted by atomic mass is 16.6. The molecule has 0 aromatic rings. The van der Waals surface area contributed by atoms with Gasteiger partial charge in [0.2, 0.25) is 0 Å². The molecule has 1 rings (SSSR count). The number of unbranched alkanes of at least 4 members (excludes halogenated alkanes) is 1. The lowest BCUT2D eigenvalue weighted by Gasteiger charge is -2.32. The minimum atomic E-state index is 0.656. The van der Waals surface area contributed by atoms with E-state index in [0.29, 0.717) is 13.2 Å². The second kappa shape index (κ2) is 7.21. The zero-order valence-electron chi connectivity index (χ0n) is 9.42. The molecule has 0 N–H and O–H groups in total. The molecule has 0 bridgehead atoms. The molecular weight excluding hydrogens is 178 g/mol. The zero-order valence-corrected chi connectivity index (χ0v) is 9.42. The third-order valence-corrected chi connectivity index (χ3v) is 2.35. The number of hydrogen-bond donors (Lipinski definition) is 0. The first-order valence-corrected chi connectivity index (χ1v) is 5.69. The summed E-state index contributed by atoms with van der Waals surface area (Å²) in [5.74, 6) is 0. The van der Waals surface area contributed by atoms with Crippen molar-refractivity contribution in [2.75, 3.05) is 32.9 Å². The van der Waals surface area contributed by atoms with Crippen LogP contribution >= 0.6 is 0 Å². The van der Waals surface area contributed by atoms with Crippen LogP contribution in [0.25, 0.3) is 0 Å². The van der Waals surface area contributed by atoms with Gasteiger partial charge >= 0.3 is 0 Å². The molecule has 1 fully saturated rings. The van der Waals surface area contributed by atoms with Crippen LogP contribution in [0, 0.1) is 6.23 Å². The summed E-state index contributed by atoms with van der Waals surface area (Å²) >= 11 is 0. The van der Waals surface area contributed by atoms with Crippen LogP contribution in [0.5, 0.6) is 0 Å². The Labute approximate surface area is 87.4 Å². The maximum atomic E-state index is 5.61. The van der Waals surface area contributed by atoms with Crippen LogP contribution in [-0.4, -0.2) is 37.8 Å². The summed E-state index contributed by atoms with van der Waals surface area (Å²) in [5, 5.41) is 0. The summed E-state index contributed by atoms with van der Waals surface area (Å²) in [7, 11) is 0. The van der Waals surface area contributed by atoms with Gasteiger partial charge in [-0.15, -0.1) is 0 Å². The standard InChI is InChI=1S/C11H22NO2/c1-3-5-7-12(6-4-2)11-10-13-8-9-14-11/h3-10H2,1-2H3. The van der Waals surface area contributed by atoms with Crippen molar-refractivity contribution in [3.05, 3.63) is 6.23 Å². The van der Waals surface area contributed by atoms with Crippen LogP contribution < -0.4 is 0 Å². The predicted molar refractivity (Wildman–Crippen MR) is 56.8 cm³/mol. The van der Waals surface area contributed by atoms with E-state index in [1.165, 1.54) is 12.8 Å². The van der Waals surface area contributed by atoms with Gasteiger partial charge < -0.3 is 9.47 Å². The molecule has 0 aromatic carbocycles. The minimum absolute atomic E-state index is 0.656. The molecule has 0 spiro atoms. The first-order chi connectivity index (χ1) is 6.88. The van der Waals surface area contributed by atoms with Gasteiger partial charge in [0.25, 0.3) is 0 Å². The molecule has 0 unspecified atom stereocenters. The number of hydrogen-bond acceptors (Lipinski definition) is 3. The van der Waals surface area contributed by atoms with Crippen molar-refractivity contribution in [1.29, 1.82) is 0 Å². The van der Waals surface area contributed by atoms with E-state index in [0.717, 1.165) is 32.3 Å². The molecule has 0 amide bonds. The number of ether oxygens (including phenoxy) is 2. The van der Waals surface area contributed by atoms with Crippen LogP contribution in [-0.2, 0) is 9.47 Å². The Balaban J connectivity index is 2.30. The van der Waals surface area contributed by atoms with Gasteiger partial charge in [-0.3, -0.25) is 4.90 Å². The number of nitrogens with zero attached hydrogens (tertiary/aromatic N) is 1. The summed E-state index contributed by atoms with van der Waals surface area (Å²) in [4.78, 5) is 2.32. The maximum Gasteiger partial charge on any atom is 0.190 e. The van der Waals surface area contributed by atoms with Gasteiger partial charge in [-0.1, -0.05) is 20.3 Å². The molecule has 1 heterocycles. The Morgan fingerprint density at radius 1 is 1.14 bits per heavy atom. The van der Waals surface area contributed by atoms with E-state index in [1.54, 1.807) is 0 Å². The first-order valence-electron chi connectivity index (χ1n) is 5.69. The van der Waals surface area contributed by atoms with Gasteiger partial charge in [-0.25, -0.2) is 0 Å². The third-order valence-electron chi connectivity index (χ3n) is 2.35. The molecular formula is C11H22NO2. The summed E-state index contributed by atoms with van der Waals surface area (Å²) in [6, 6.07) is 0. The molecule has 14 heavy (non-hydrogen) atoms. The van der Waals surface area contributed by atoms with Gasteiger partial charge in [0.15, 0.2) is 6.23 Å². The summed E-state index contributed by atoms with van der Waals surface area (Å²) in [6.45, 7) is 8.70. The fourth-order valence-corrected chi connectivity index (χ4v) is 1.58. The van der Waals surface area contributed by atoms with Crippen LogP contribution in [0.1, 0.15) is 33.1 Å². The van der Waals surface area contributed by atoms with Crippen molar-refractivity contribution < 1.29 is 9.47 Å². The van der Waals surface area contributed by atoms with Crippen LogP contribution in [0.2, 0.25) is 0 Å². The summed E-state index contributed by atoms with van der Waals surface area (Å²) < 4.78 is 11.0. The molecule has 0 aromatic heterocycles. The minimum Gasteiger partial charge on any atom is -0.374 e. The van der Waals surface area contributed by atoms with E-state index in [9.17, 15) is 0 Å². The smallest absolute Gasteiger partial charge is 0.190 e. The lowest BCUT2D eigenvalue weighted by atomic mass is 10.3. The van der Waals surface area contributed by atoms with E-state index in [4.69, 9.17) is 9.47 Å². The fraction of sp³-hybridized carbons (Fsp3) is 0.909. The van der Waals surface area contributed by atoms with E-state index < -0.39 is 0 Å². The van der Waals surface area contributed by atoms with Crippen LogP contribution in [0.15, 0.2) is 0 Å². The average molecular weight is 200 g/mol. The molecule has 0 saturated carbocycles. The Hall–Kier alpha value is -0.120. The lowest BCUT2D eigenvalue weighted by molar-refractivity contribution is -0.0831. The number of rotatable bonds is 6. The first kappa shape index (κ1) is 12.0. The van der Waals surface area contributed by atoms with Crippen molar-refractivity contribution in [2.45, 2.75) is 33.1 Å². The average Bonchev–Trinajstić information content (AvgIpc) is 2.25. The van der Waals surface area contributed by atoms with Crippen molar-refractivity contribution in [1.82, 2.24) is 4.90 Å². The summed E-state index contributed by atoms with van der Waals surface area (Å²) in [6.07, 6.45) is 4.66. The Morgan fingerprint density at radius 2 is 2.00 bits per heavy atom. The van der Waals surface area contributed by atoms with Gasteiger partial charge in [0.1, 0.15) is 0 Å². The molecule has 1 saturated heterocycles. The van der Waals surface area contributed by atoms with Crippen molar-refractivity contribution in [3.63, 3.8) is 0 Å². The molecule has 1 radical (unpaired) electrons. The van der Waals surface area contributed by atoms with Crippen molar-refractivity contribution in [2.24, 2.45) is 0 Å². The maximum absolute atomic E-state index is 5.61. The topological polar surface area (TPSA) is 21.7 Å². The van der Waals surface area contributed by atoms with Crippen LogP contribution in [0.4, 0.5) is 0 Å². The molecule has 3 heteroatoms. The van der Waals surface area contributed by atoms with E-state index in [2.05, 4.69) is 18.7 Å². The van der Waals surface area contributed by atoms with Gasteiger partial charge in [-0.05, 0) is 12.8 Å². The highest BCUT2D eigenvalue weighted by Gasteiger charge is 2.22. The highest BCUT2D eigenvalue weighted by molar-refractivity contribution is 4.81. The van der Waals surface area contributed by atoms with E-state index in [-0.39, 0.29) is 0 Å². The SMILES string of the molecule is CCCCN(CCC)[C]1COCCO1. The van der Waals surface area contributed by atoms with Gasteiger partial charge in [0.05, 0.1) is 19.8 Å². The van der Waals surface area contributed by atoms with E-state index >= 15 is 0 Å². The Morgan fingerprint density at radius 3 is 2.57 bits per heavy atom. The second-order valence-corrected chi connectivity index (χ2v) is 3.64. The molecule has 83 valence electrons. The Bertz CT molecular complexity index is 135. The second-order valence-electron chi connectivity index (χ2n) is 3.64. The van der Waals surface area contributed by atoms with Crippen LogP contribution in [0.3, 0.4) is 0 Å². The highest BCUT2D eigenvalue weighted by Crippen LogP contribution is 2.15. The van der Waals surface area contributed by atoms with E-state index in [1.807, 2.05) is 0 Å². The monoisotopic (exact) mass is 200 g/mol. The summed E-state index contributed by atoms with van der Waals surface area (Å²) in [5.41, 5.74) is 0. The largest absolute Gasteiger partial charge is 0.374 e. The molecule has 1 aliphatic heterocycles. The predicted octanol–water partition coefficient (Wildman–Crippen LogP) is 2.03. The Kier molecular flexibility index (Phi) is 6.15. The van der Waals surface area contributed by atoms with Crippen molar-refractivity contribution in [3.8, 4) is 0 Å². The van der Waals surface area contributed by atoms with Gasteiger partial charge in [-0.2, -0.15) is 0 Å². The third kappa shape index (κ3) is 3.95. The zero-order chi connectivity index (χ0) is 10.2. The fourth-order valence-electron chi connectivity index (χ4n) is 1.58. The molecule has 1 aliphatic rings. The molecule has 0 aliphatic carbocycles. The quantitative estimate of drug-likeness (QED) is 0.655. The normalized spacial score (nSPS) is 19.1. The molecule has 0 atom stereocenters.